The van der Waals surface area contributed by atoms with Crippen molar-refractivity contribution in [3.8, 4) is 0 Å². The Labute approximate surface area is 128 Å². The number of aliphatic hydroxyl groups is 1. The van der Waals surface area contributed by atoms with Crippen molar-refractivity contribution in [3.63, 3.8) is 0 Å². The molecule has 1 aromatic rings. The van der Waals surface area contributed by atoms with Gasteiger partial charge in [0.25, 0.3) is 5.91 Å². The Hall–Kier alpha value is -1.02. The van der Waals surface area contributed by atoms with Crippen LogP contribution in [0.5, 0.6) is 0 Å². The zero-order valence-corrected chi connectivity index (χ0v) is 13.6. The number of amides is 1. The van der Waals surface area contributed by atoms with Crippen LogP contribution in [0.4, 0.5) is 0 Å². The molecule has 1 aliphatic heterocycles. The van der Waals surface area contributed by atoms with Gasteiger partial charge < -0.3 is 19.9 Å². The van der Waals surface area contributed by atoms with E-state index in [-0.39, 0.29) is 6.61 Å². The van der Waals surface area contributed by atoms with Crippen molar-refractivity contribution in [1.29, 1.82) is 0 Å². The summed E-state index contributed by atoms with van der Waals surface area (Å²) in [5.41, 5.74) is 1.01. The van der Waals surface area contributed by atoms with Crippen LogP contribution in [0.3, 0.4) is 0 Å². The summed E-state index contributed by atoms with van der Waals surface area (Å²) in [6, 6.07) is 0. The number of carbonyl (C=O) groups is 1. The average Bonchev–Trinajstić information content (AvgIpc) is 3.01. The zero-order valence-electron chi connectivity index (χ0n) is 12.8. The molecular weight excluding hydrogens is 292 g/mol. The number of thiazole rings is 1. The zero-order chi connectivity index (χ0) is 15.6. The van der Waals surface area contributed by atoms with Crippen molar-refractivity contribution in [2.24, 2.45) is 0 Å². The van der Waals surface area contributed by atoms with E-state index < -0.39 is 23.9 Å². The van der Waals surface area contributed by atoms with Crippen LogP contribution in [0, 0.1) is 0 Å². The van der Waals surface area contributed by atoms with E-state index in [0.717, 1.165) is 10.7 Å². The number of carbonyl (C=O) groups excluding carboxylic acids is 1. The number of rotatable bonds is 5. The maximum atomic E-state index is 11.9. The third kappa shape index (κ3) is 4.23. The highest BCUT2D eigenvalue weighted by Crippen LogP contribution is 2.24. The summed E-state index contributed by atoms with van der Waals surface area (Å²) in [7, 11) is 0. The summed E-state index contributed by atoms with van der Waals surface area (Å²) in [6.45, 7) is 8.16. The minimum Gasteiger partial charge on any atom is -0.380 e. The fourth-order valence-corrected chi connectivity index (χ4v) is 2.87. The Morgan fingerprint density at radius 1 is 1.62 bits per heavy atom. The van der Waals surface area contributed by atoms with E-state index in [2.05, 4.69) is 24.1 Å². The fraction of sp³-hybridized carbons (Fsp3) is 0.714. The molecule has 21 heavy (non-hydrogen) atoms. The number of nitrogens with one attached hydrogen (secondary N) is 1. The highest BCUT2D eigenvalue weighted by molar-refractivity contribution is 7.09. The Bertz CT molecular complexity index is 501. The minimum atomic E-state index is -1.24. The van der Waals surface area contributed by atoms with Crippen LogP contribution in [0.1, 0.15) is 44.3 Å². The Morgan fingerprint density at radius 3 is 2.86 bits per heavy atom. The van der Waals surface area contributed by atoms with Gasteiger partial charge in [0, 0.05) is 5.38 Å². The van der Waals surface area contributed by atoms with Crippen LogP contribution in [0.15, 0.2) is 5.38 Å². The third-order valence-corrected chi connectivity index (χ3v) is 4.09. The molecule has 2 atom stereocenters. The highest BCUT2D eigenvalue weighted by Gasteiger charge is 2.39. The van der Waals surface area contributed by atoms with Crippen LogP contribution in [0.2, 0.25) is 0 Å². The van der Waals surface area contributed by atoms with Gasteiger partial charge in [-0.3, -0.25) is 4.79 Å². The molecule has 2 N–H and O–H groups in total. The molecule has 6 nitrogen and oxygen atoms in total. The van der Waals surface area contributed by atoms with Crippen molar-refractivity contribution in [3.05, 3.63) is 16.1 Å². The second-order valence-corrected chi connectivity index (χ2v) is 6.79. The standard InChI is InChI=1S/C14H22N2O4S/c1-8(2)9-7-21-11(16-9)5-15-13(18)12(17)10-6-19-14(3,4)20-10/h7-8,10,12,17H,5-6H2,1-4H3,(H,15,18). The van der Waals surface area contributed by atoms with Gasteiger partial charge >= 0.3 is 0 Å². The number of hydrogen-bond donors (Lipinski definition) is 2. The third-order valence-electron chi connectivity index (χ3n) is 3.23. The molecule has 0 aromatic carbocycles. The van der Waals surface area contributed by atoms with Gasteiger partial charge in [0.05, 0.1) is 18.8 Å². The number of hydrogen-bond acceptors (Lipinski definition) is 6. The van der Waals surface area contributed by atoms with Gasteiger partial charge in [-0.2, -0.15) is 0 Å². The second kappa shape index (κ2) is 6.39. The van der Waals surface area contributed by atoms with Gasteiger partial charge in [-0.25, -0.2) is 4.98 Å². The normalized spacial score (nSPS) is 22.5. The summed E-state index contributed by atoms with van der Waals surface area (Å²) >= 11 is 1.50. The highest BCUT2D eigenvalue weighted by atomic mass is 32.1. The minimum absolute atomic E-state index is 0.205. The number of ether oxygens (including phenoxy) is 2. The lowest BCUT2D eigenvalue weighted by molar-refractivity contribution is -0.158. The molecule has 118 valence electrons. The molecule has 1 aromatic heterocycles. The van der Waals surface area contributed by atoms with Crippen molar-refractivity contribution in [2.45, 2.75) is 58.2 Å². The van der Waals surface area contributed by atoms with Gasteiger partial charge in [-0.05, 0) is 19.8 Å². The van der Waals surface area contributed by atoms with Crippen molar-refractivity contribution in [2.75, 3.05) is 6.61 Å². The predicted octanol–water partition coefficient (Wildman–Crippen LogP) is 1.40. The van der Waals surface area contributed by atoms with Crippen LogP contribution in [-0.2, 0) is 20.8 Å². The first-order valence-corrected chi connectivity index (χ1v) is 7.88. The number of nitrogens with zero attached hydrogens (tertiary/aromatic N) is 1. The number of aromatic nitrogens is 1. The van der Waals surface area contributed by atoms with Crippen molar-refractivity contribution in [1.82, 2.24) is 10.3 Å². The first-order valence-electron chi connectivity index (χ1n) is 7.00. The van der Waals surface area contributed by atoms with Gasteiger partial charge in [-0.15, -0.1) is 11.3 Å². The molecule has 0 radical (unpaired) electrons. The quantitative estimate of drug-likeness (QED) is 0.858. The molecule has 0 spiro atoms. The Balaban J connectivity index is 1.83. The van der Waals surface area contributed by atoms with Crippen molar-refractivity contribution < 1.29 is 19.4 Å². The largest absolute Gasteiger partial charge is 0.380 e. The van der Waals surface area contributed by atoms with E-state index in [1.165, 1.54) is 11.3 Å². The molecular formula is C14H22N2O4S. The van der Waals surface area contributed by atoms with Crippen LogP contribution >= 0.6 is 11.3 Å². The van der Waals surface area contributed by atoms with Crippen LogP contribution in [-0.4, -0.2) is 40.6 Å². The molecule has 1 aliphatic rings. The average molecular weight is 314 g/mol. The van der Waals surface area contributed by atoms with E-state index in [9.17, 15) is 9.90 Å². The lowest BCUT2D eigenvalue weighted by Crippen LogP contribution is -2.43. The van der Waals surface area contributed by atoms with E-state index in [4.69, 9.17) is 9.47 Å². The van der Waals surface area contributed by atoms with Gasteiger partial charge in [0.1, 0.15) is 11.1 Å². The first kappa shape index (κ1) is 16.4. The Morgan fingerprint density at radius 2 is 2.33 bits per heavy atom. The van der Waals surface area contributed by atoms with E-state index in [1.54, 1.807) is 13.8 Å². The summed E-state index contributed by atoms with van der Waals surface area (Å²) < 4.78 is 10.8. The molecule has 1 saturated heterocycles. The molecule has 0 saturated carbocycles. The maximum Gasteiger partial charge on any atom is 0.252 e. The topological polar surface area (TPSA) is 80.7 Å². The summed E-state index contributed by atoms with van der Waals surface area (Å²) in [4.78, 5) is 16.4. The summed E-state index contributed by atoms with van der Waals surface area (Å²) in [5, 5.41) is 15.5. The van der Waals surface area contributed by atoms with Gasteiger partial charge in [0.15, 0.2) is 11.9 Å². The van der Waals surface area contributed by atoms with Gasteiger partial charge in [0.2, 0.25) is 0 Å². The molecule has 2 rings (SSSR count). The van der Waals surface area contributed by atoms with E-state index >= 15 is 0 Å². The van der Waals surface area contributed by atoms with Crippen molar-refractivity contribution >= 4 is 17.2 Å². The van der Waals surface area contributed by atoms with Crippen LogP contribution < -0.4 is 5.32 Å². The van der Waals surface area contributed by atoms with Crippen LogP contribution in [0.25, 0.3) is 0 Å². The first-order chi connectivity index (χ1) is 9.78. The maximum absolute atomic E-state index is 11.9. The SMILES string of the molecule is CC(C)c1csc(CNC(=O)C(O)C2COC(C)(C)O2)n1. The smallest absolute Gasteiger partial charge is 0.252 e. The molecule has 2 heterocycles. The molecule has 2 unspecified atom stereocenters. The molecule has 7 heteroatoms. The molecule has 1 fully saturated rings. The fourth-order valence-electron chi connectivity index (χ4n) is 1.98. The van der Waals surface area contributed by atoms with E-state index in [1.807, 2.05) is 5.38 Å². The summed E-state index contributed by atoms with van der Waals surface area (Å²) in [6.07, 6.45) is -1.88. The lowest BCUT2D eigenvalue weighted by atomic mass is 10.2. The molecule has 0 aliphatic carbocycles. The summed E-state index contributed by atoms with van der Waals surface area (Å²) in [5.74, 6) is -0.863. The van der Waals surface area contributed by atoms with Gasteiger partial charge in [-0.1, -0.05) is 13.8 Å². The lowest BCUT2D eigenvalue weighted by Gasteiger charge is -2.19. The number of aliphatic hydroxyl groups excluding tert-OH is 1. The Kier molecular flexibility index (Phi) is 4.98. The second-order valence-electron chi connectivity index (χ2n) is 5.85. The predicted molar refractivity (Wildman–Crippen MR) is 79.0 cm³/mol. The molecule has 1 amide bonds. The molecule has 0 bridgehead atoms. The monoisotopic (exact) mass is 314 g/mol. The van der Waals surface area contributed by atoms with E-state index in [0.29, 0.717) is 12.5 Å².